The van der Waals surface area contributed by atoms with Crippen molar-refractivity contribution in [2.45, 2.75) is 48.3 Å². The summed E-state index contributed by atoms with van der Waals surface area (Å²) in [6.07, 6.45) is 8.01. The van der Waals surface area contributed by atoms with Gasteiger partial charge in [0.2, 0.25) is 0 Å². The molecule has 0 saturated heterocycles. The van der Waals surface area contributed by atoms with E-state index in [0.717, 1.165) is 23.8 Å². The van der Waals surface area contributed by atoms with Crippen LogP contribution in [-0.2, 0) is 0 Å². The Morgan fingerprint density at radius 1 is 0.889 bits per heavy atom. The van der Waals surface area contributed by atoms with E-state index in [1.54, 1.807) is 5.57 Å². The first-order valence-electron chi connectivity index (χ1n) is 10.3. The second kappa shape index (κ2) is 7.66. The van der Waals surface area contributed by atoms with Gasteiger partial charge in [-0.15, -0.1) is 0 Å². The fourth-order valence-electron chi connectivity index (χ4n) is 5.04. The predicted molar refractivity (Wildman–Crippen MR) is 116 cm³/mol. The largest absolute Gasteiger partial charge is 0.302 e. The number of nitrogens with zero attached hydrogens (tertiary/aromatic N) is 1. The van der Waals surface area contributed by atoms with Crippen LogP contribution in [0.5, 0.6) is 0 Å². The lowest BCUT2D eigenvalue weighted by molar-refractivity contribution is 0.244. The normalized spacial score (nSPS) is 20.6. The maximum absolute atomic E-state index is 6.41. The molecule has 2 aromatic rings. The lowest BCUT2D eigenvalue weighted by Gasteiger charge is -2.24. The Morgan fingerprint density at radius 2 is 1.59 bits per heavy atom. The quantitative estimate of drug-likeness (QED) is 0.538. The first-order valence-corrected chi connectivity index (χ1v) is 11.5. The first-order chi connectivity index (χ1) is 13.3. The molecule has 2 heterocycles. The van der Waals surface area contributed by atoms with Crippen molar-refractivity contribution < 1.29 is 0 Å². The van der Waals surface area contributed by atoms with E-state index >= 15 is 0 Å². The molecule has 0 radical (unpaired) electrons. The molecule has 1 nitrogen and oxygen atoms in total. The van der Waals surface area contributed by atoms with Crippen molar-refractivity contribution in [3.05, 3.63) is 58.6 Å². The first kappa shape index (κ1) is 17.8. The summed E-state index contributed by atoms with van der Waals surface area (Å²) < 4.78 is 0. The van der Waals surface area contributed by atoms with Gasteiger partial charge >= 0.3 is 0 Å². The minimum absolute atomic E-state index is 0.846. The topological polar surface area (TPSA) is 3.24 Å². The third-order valence-corrected chi connectivity index (χ3v) is 7.80. The van der Waals surface area contributed by atoms with E-state index in [0.29, 0.717) is 0 Å². The Balaban J connectivity index is 1.52. The Labute approximate surface area is 171 Å². The van der Waals surface area contributed by atoms with E-state index in [1.807, 2.05) is 17.8 Å². The van der Waals surface area contributed by atoms with Crippen LogP contribution in [0.2, 0.25) is 5.02 Å². The molecule has 0 aromatic heterocycles. The monoisotopic (exact) mass is 395 g/mol. The van der Waals surface area contributed by atoms with Crippen molar-refractivity contribution in [3.63, 3.8) is 0 Å². The molecule has 0 atom stereocenters. The average molecular weight is 396 g/mol. The van der Waals surface area contributed by atoms with E-state index in [1.165, 1.54) is 71.8 Å². The molecule has 0 spiro atoms. The highest BCUT2D eigenvalue weighted by Crippen LogP contribution is 2.47. The zero-order valence-electron chi connectivity index (χ0n) is 15.7. The number of hydrogen-bond donors (Lipinski definition) is 0. The van der Waals surface area contributed by atoms with Crippen LogP contribution < -0.4 is 0 Å². The summed E-state index contributed by atoms with van der Waals surface area (Å²) in [5.74, 6) is 0.924. The van der Waals surface area contributed by atoms with Crippen LogP contribution in [0.1, 0.15) is 49.7 Å². The zero-order chi connectivity index (χ0) is 18.2. The lowest BCUT2D eigenvalue weighted by atomic mass is 9.91. The van der Waals surface area contributed by atoms with Crippen LogP contribution in [0.3, 0.4) is 0 Å². The molecule has 27 heavy (non-hydrogen) atoms. The molecule has 1 aliphatic carbocycles. The van der Waals surface area contributed by atoms with Crippen LogP contribution in [0.15, 0.2) is 52.3 Å². The molecule has 2 aromatic carbocycles. The van der Waals surface area contributed by atoms with Gasteiger partial charge in [-0.3, -0.25) is 0 Å². The number of rotatable bonds is 2. The van der Waals surface area contributed by atoms with Crippen LogP contribution >= 0.6 is 23.4 Å². The van der Waals surface area contributed by atoms with Gasteiger partial charge in [-0.1, -0.05) is 54.4 Å². The lowest BCUT2D eigenvalue weighted by Crippen LogP contribution is -2.30. The second-order valence-corrected chi connectivity index (χ2v) is 9.67. The van der Waals surface area contributed by atoms with Crippen molar-refractivity contribution in [2.24, 2.45) is 5.92 Å². The van der Waals surface area contributed by atoms with Gasteiger partial charge in [0.05, 0.1) is 0 Å². The Bertz CT molecular complexity index is 882. The van der Waals surface area contributed by atoms with Crippen molar-refractivity contribution in [1.82, 2.24) is 4.90 Å². The van der Waals surface area contributed by atoms with Gasteiger partial charge in [-0.05, 0) is 78.1 Å². The number of hydrogen-bond acceptors (Lipinski definition) is 2. The summed E-state index contributed by atoms with van der Waals surface area (Å²) in [6, 6.07) is 15.4. The van der Waals surface area contributed by atoms with Gasteiger partial charge in [0.25, 0.3) is 0 Å². The maximum atomic E-state index is 6.41. The smallest absolute Gasteiger partial charge is 0.0412 e. The fourth-order valence-corrected chi connectivity index (χ4v) is 6.32. The van der Waals surface area contributed by atoms with Gasteiger partial charge in [0.1, 0.15) is 0 Å². The fraction of sp³-hybridized carbons (Fsp3) is 0.417. The molecule has 0 N–H and O–H groups in total. The van der Waals surface area contributed by atoms with Crippen LogP contribution in [0.25, 0.3) is 11.1 Å². The molecule has 2 aliphatic heterocycles. The van der Waals surface area contributed by atoms with Crippen molar-refractivity contribution in [3.8, 4) is 0 Å². The van der Waals surface area contributed by atoms with Gasteiger partial charge in [-0.25, -0.2) is 0 Å². The summed E-state index contributed by atoms with van der Waals surface area (Å²) in [4.78, 5) is 5.46. The Morgan fingerprint density at radius 3 is 2.41 bits per heavy atom. The average Bonchev–Trinajstić information content (AvgIpc) is 3.05. The van der Waals surface area contributed by atoms with E-state index in [-0.39, 0.29) is 0 Å². The highest BCUT2D eigenvalue weighted by atomic mass is 35.5. The molecular formula is C24H26ClNS. The minimum Gasteiger partial charge on any atom is -0.302 e. The molecule has 0 bridgehead atoms. The highest BCUT2D eigenvalue weighted by Gasteiger charge is 2.27. The zero-order valence-corrected chi connectivity index (χ0v) is 17.3. The van der Waals surface area contributed by atoms with E-state index in [9.17, 15) is 0 Å². The SMILES string of the molecule is Clc1ccc2c(c1)C1=C(CCN(CC3CCCC3)CC1)c1ccccc1S2. The van der Waals surface area contributed by atoms with Gasteiger partial charge in [-0.2, -0.15) is 0 Å². The second-order valence-electron chi connectivity index (χ2n) is 8.15. The Hall–Kier alpha value is -1.22. The molecule has 3 aliphatic rings. The van der Waals surface area contributed by atoms with E-state index in [4.69, 9.17) is 11.6 Å². The molecule has 0 unspecified atom stereocenters. The predicted octanol–water partition coefficient (Wildman–Crippen LogP) is 7.00. The van der Waals surface area contributed by atoms with Crippen LogP contribution in [-0.4, -0.2) is 24.5 Å². The Kier molecular flexibility index (Phi) is 5.06. The third kappa shape index (κ3) is 3.60. The van der Waals surface area contributed by atoms with Crippen LogP contribution in [0, 0.1) is 5.92 Å². The van der Waals surface area contributed by atoms with Crippen molar-refractivity contribution >= 4 is 34.5 Å². The van der Waals surface area contributed by atoms with Crippen molar-refractivity contribution in [2.75, 3.05) is 19.6 Å². The van der Waals surface area contributed by atoms with Gasteiger partial charge < -0.3 is 4.90 Å². The van der Waals surface area contributed by atoms with E-state index < -0.39 is 0 Å². The van der Waals surface area contributed by atoms with Crippen molar-refractivity contribution in [1.29, 1.82) is 0 Å². The molecule has 0 amide bonds. The van der Waals surface area contributed by atoms with Gasteiger partial charge in [0, 0.05) is 34.4 Å². The molecular weight excluding hydrogens is 370 g/mol. The summed E-state index contributed by atoms with van der Waals surface area (Å²) in [6.45, 7) is 3.65. The third-order valence-electron chi connectivity index (χ3n) is 6.41. The molecule has 3 heteroatoms. The van der Waals surface area contributed by atoms with Gasteiger partial charge in [0.15, 0.2) is 0 Å². The molecule has 1 saturated carbocycles. The summed E-state index contributed by atoms with van der Waals surface area (Å²) in [5, 5.41) is 0.846. The minimum atomic E-state index is 0.846. The number of halogens is 1. The highest BCUT2D eigenvalue weighted by molar-refractivity contribution is 7.99. The maximum Gasteiger partial charge on any atom is 0.0412 e. The number of fused-ring (bicyclic) bond motifs is 4. The standard InChI is InChI=1S/C24H26ClNS/c25-18-9-10-24-22(15-18)20-12-14-26(16-17-5-1-2-6-17)13-11-19(20)21-7-3-4-8-23(21)27-24/h3-4,7-10,15,17H,1-2,5-6,11-14,16H2. The molecule has 1 fully saturated rings. The van der Waals surface area contributed by atoms with Crippen LogP contribution in [0.4, 0.5) is 0 Å². The molecule has 5 rings (SSSR count). The van der Waals surface area contributed by atoms with E-state index in [2.05, 4.69) is 41.3 Å². The summed E-state index contributed by atoms with van der Waals surface area (Å²) in [7, 11) is 0. The number of benzene rings is 2. The molecule has 140 valence electrons. The summed E-state index contributed by atoms with van der Waals surface area (Å²) >= 11 is 8.31. The summed E-state index contributed by atoms with van der Waals surface area (Å²) in [5.41, 5.74) is 5.88.